The van der Waals surface area contributed by atoms with Gasteiger partial charge in [-0.05, 0) is 44.7 Å². The molecule has 0 aliphatic carbocycles. The number of hydrogen-bond acceptors (Lipinski definition) is 7. The van der Waals surface area contributed by atoms with Crippen molar-refractivity contribution < 1.29 is 23.9 Å². The number of amides is 3. The molecule has 0 spiro atoms. The number of anilines is 2. The van der Waals surface area contributed by atoms with Crippen LogP contribution < -0.4 is 20.9 Å². The zero-order chi connectivity index (χ0) is 23.8. The molecule has 1 saturated heterocycles. The molecule has 2 aliphatic heterocycles. The first-order chi connectivity index (χ1) is 15.9. The molecule has 3 amide bonds. The highest BCUT2D eigenvalue weighted by molar-refractivity contribution is 5.95. The molecule has 3 rings (SSSR count). The monoisotopic (exact) mass is 459 g/mol. The van der Waals surface area contributed by atoms with Gasteiger partial charge in [-0.1, -0.05) is 6.92 Å². The quantitative estimate of drug-likeness (QED) is 0.477. The molecule has 0 saturated carbocycles. The molecule has 0 aromatic heterocycles. The topological polar surface area (TPSA) is 112 Å². The molecule has 1 aromatic carbocycles. The maximum atomic E-state index is 12.7. The Hall–Kier alpha value is -3.11. The molecule has 33 heavy (non-hydrogen) atoms. The lowest BCUT2D eigenvalue weighted by Gasteiger charge is -2.30. The van der Waals surface area contributed by atoms with Crippen LogP contribution in [0.1, 0.15) is 20.8 Å². The van der Waals surface area contributed by atoms with Gasteiger partial charge in [0.1, 0.15) is 0 Å². The molecule has 1 unspecified atom stereocenters. The summed E-state index contributed by atoms with van der Waals surface area (Å²) in [6.07, 6.45) is 0. The third kappa shape index (κ3) is 6.69. The summed E-state index contributed by atoms with van der Waals surface area (Å²) < 4.78 is 10.5. The van der Waals surface area contributed by atoms with E-state index in [-0.39, 0.29) is 31.6 Å². The average Bonchev–Trinajstić information content (AvgIpc) is 2.79. The Bertz CT molecular complexity index is 880. The lowest BCUT2D eigenvalue weighted by molar-refractivity contribution is -0.139. The van der Waals surface area contributed by atoms with Crippen LogP contribution in [-0.4, -0.2) is 81.4 Å². The number of ether oxygens (including phenoxy) is 2. The van der Waals surface area contributed by atoms with Crippen molar-refractivity contribution >= 4 is 29.3 Å². The summed E-state index contributed by atoms with van der Waals surface area (Å²) in [4.78, 5) is 41.2. The summed E-state index contributed by atoms with van der Waals surface area (Å²) in [7, 11) is 0. The van der Waals surface area contributed by atoms with Gasteiger partial charge in [-0.15, -0.1) is 0 Å². The van der Waals surface area contributed by atoms with E-state index in [0.29, 0.717) is 23.5 Å². The molecular formula is C23H33N5O5. The predicted octanol–water partition coefficient (Wildman–Crippen LogP) is 1.30. The van der Waals surface area contributed by atoms with Crippen molar-refractivity contribution in [2.24, 2.45) is 0 Å². The van der Waals surface area contributed by atoms with Crippen LogP contribution in [0.2, 0.25) is 0 Å². The van der Waals surface area contributed by atoms with Gasteiger partial charge in [-0.25, -0.2) is 9.59 Å². The Labute approximate surface area is 194 Å². The van der Waals surface area contributed by atoms with Crippen molar-refractivity contribution in [3.05, 3.63) is 35.5 Å². The van der Waals surface area contributed by atoms with Crippen molar-refractivity contribution in [2.75, 3.05) is 62.8 Å². The first-order valence-electron chi connectivity index (χ1n) is 11.3. The molecular weight excluding hydrogens is 426 g/mol. The minimum atomic E-state index is -0.481. The van der Waals surface area contributed by atoms with Gasteiger partial charge in [0.05, 0.1) is 38.0 Å². The normalized spacial score (nSPS) is 18.6. The SMILES string of the molecule is CCOC(=O)C1=C(CN(CC)CC(=O)Nc2ccc(N3CCOCC3)cc2)NC(=O)NC1C. The van der Waals surface area contributed by atoms with Gasteiger partial charge in [-0.2, -0.15) is 0 Å². The fourth-order valence-electron chi connectivity index (χ4n) is 3.89. The van der Waals surface area contributed by atoms with Crippen LogP contribution in [0.3, 0.4) is 0 Å². The minimum absolute atomic E-state index is 0.110. The average molecular weight is 460 g/mol. The second-order valence-electron chi connectivity index (χ2n) is 7.93. The van der Waals surface area contributed by atoms with E-state index in [0.717, 1.165) is 32.0 Å². The molecule has 1 atom stereocenters. The number of benzene rings is 1. The van der Waals surface area contributed by atoms with E-state index < -0.39 is 12.0 Å². The first kappa shape index (κ1) is 24.5. The Morgan fingerprint density at radius 1 is 1.21 bits per heavy atom. The van der Waals surface area contributed by atoms with E-state index in [1.807, 2.05) is 36.1 Å². The zero-order valence-corrected chi connectivity index (χ0v) is 19.5. The molecule has 1 fully saturated rings. The Morgan fingerprint density at radius 2 is 1.91 bits per heavy atom. The highest BCUT2D eigenvalue weighted by atomic mass is 16.5. The lowest BCUT2D eigenvalue weighted by Crippen LogP contribution is -2.51. The maximum Gasteiger partial charge on any atom is 0.337 e. The van der Waals surface area contributed by atoms with Gasteiger partial charge in [0.25, 0.3) is 0 Å². The number of nitrogens with one attached hydrogen (secondary N) is 3. The van der Waals surface area contributed by atoms with Crippen LogP contribution in [-0.2, 0) is 19.1 Å². The van der Waals surface area contributed by atoms with Gasteiger partial charge in [-0.3, -0.25) is 9.69 Å². The van der Waals surface area contributed by atoms with Crippen LogP contribution in [0.15, 0.2) is 35.5 Å². The number of nitrogens with zero attached hydrogens (tertiary/aromatic N) is 2. The van der Waals surface area contributed by atoms with E-state index in [4.69, 9.17) is 9.47 Å². The number of esters is 1. The van der Waals surface area contributed by atoms with Gasteiger partial charge in [0.15, 0.2) is 0 Å². The van der Waals surface area contributed by atoms with Crippen LogP contribution in [0.4, 0.5) is 16.2 Å². The van der Waals surface area contributed by atoms with Crippen LogP contribution >= 0.6 is 0 Å². The molecule has 180 valence electrons. The number of urea groups is 1. The highest BCUT2D eigenvalue weighted by Crippen LogP contribution is 2.19. The fourth-order valence-corrected chi connectivity index (χ4v) is 3.89. The predicted molar refractivity (Wildman–Crippen MR) is 125 cm³/mol. The first-order valence-corrected chi connectivity index (χ1v) is 11.3. The number of carbonyl (C=O) groups excluding carboxylic acids is 3. The fraction of sp³-hybridized carbons (Fsp3) is 0.522. The molecule has 2 aliphatic rings. The summed E-state index contributed by atoms with van der Waals surface area (Å²) >= 11 is 0. The summed E-state index contributed by atoms with van der Waals surface area (Å²) in [5.74, 6) is -0.657. The number of morpholine rings is 1. The summed E-state index contributed by atoms with van der Waals surface area (Å²) in [5.41, 5.74) is 2.63. The van der Waals surface area contributed by atoms with Crippen molar-refractivity contribution in [2.45, 2.75) is 26.8 Å². The van der Waals surface area contributed by atoms with E-state index in [1.165, 1.54) is 0 Å². The third-order valence-corrected chi connectivity index (χ3v) is 5.59. The summed E-state index contributed by atoms with van der Waals surface area (Å²) in [6, 6.07) is 6.88. The molecule has 1 aromatic rings. The molecule has 3 N–H and O–H groups in total. The van der Waals surface area contributed by atoms with Crippen molar-refractivity contribution in [3.63, 3.8) is 0 Å². The summed E-state index contributed by atoms with van der Waals surface area (Å²) in [6.45, 7) is 9.66. The third-order valence-electron chi connectivity index (χ3n) is 5.59. The number of likely N-dealkylation sites (N-methyl/N-ethyl adjacent to an activating group) is 1. The van der Waals surface area contributed by atoms with E-state index in [9.17, 15) is 14.4 Å². The van der Waals surface area contributed by atoms with Crippen LogP contribution in [0.25, 0.3) is 0 Å². The smallest absolute Gasteiger partial charge is 0.337 e. The maximum absolute atomic E-state index is 12.7. The van der Waals surface area contributed by atoms with Crippen LogP contribution in [0.5, 0.6) is 0 Å². The summed E-state index contributed by atoms with van der Waals surface area (Å²) in [5, 5.41) is 8.29. The van der Waals surface area contributed by atoms with E-state index in [2.05, 4.69) is 20.9 Å². The van der Waals surface area contributed by atoms with Crippen LogP contribution in [0, 0.1) is 0 Å². The molecule has 0 bridgehead atoms. The standard InChI is InChI=1S/C23H33N5O5/c1-4-27(14-19-21(22(30)33-5-2)16(3)24-23(31)26-19)15-20(29)25-17-6-8-18(9-7-17)28-10-12-32-13-11-28/h6-9,16H,4-5,10-15H2,1-3H3,(H,25,29)(H2,24,26,31). The van der Waals surface area contributed by atoms with Crippen molar-refractivity contribution in [1.82, 2.24) is 15.5 Å². The zero-order valence-electron chi connectivity index (χ0n) is 19.5. The molecule has 2 heterocycles. The largest absolute Gasteiger partial charge is 0.463 e. The van der Waals surface area contributed by atoms with Gasteiger partial charge in [0.2, 0.25) is 5.91 Å². The van der Waals surface area contributed by atoms with E-state index in [1.54, 1.807) is 13.8 Å². The highest BCUT2D eigenvalue weighted by Gasteiger charge is 2.30. The van der Waals surface area contributed by atoms with Crippen molar-refractivity contribution in [3.8, 4) is 0 Å². The second-order valence-corrected chi connectivity index (χ2v) is 7.93. The van der Waals surface area contributed by atoms with E-state index >= 15 is 0 Å². The number of hydrogen-bond donors (Lipinski definition) is 3. The van der Waals surface area contributed by atoms with Gasteiger partial charge in [0, 0.05) is 36.7 Å². The molecule has 10 heteroatoms. The minimum Gasteiger partial charge on any atom is -0.463 e. The lowest BCUT2D eigenvalue weighted by atomic mass is 10.0. The number of rotatable bonds is 9. The second kappa shape index (κ2) is 11.7. The van der Waals surface area contributed by atoms with Gasteiger partial charge < -0.3 is 30.3 Å². The Morgan fingerprint density at radius 3 is 2.55 bits per heavy atom. The molecule has 10 nitrogen and oxygen atoms in total. The Balaban J connectivity index is 1.62. The molecule has 0 radical (unpaired) electrons. The van der Waals surface area contributed by atoms with Crippen molar-refractivity contribution in [1.29, 1.82) is 0 Å². The number of carbonyl (C=O) groups is 3. The van der Waals surface area contributed by atoms with Gasteiger partial charge >= 0.3 is 12.0 Å². The Kier molecular flexibility index (Phi) is 8.67.